The van der Waals surface area contributed by atoms with Gasteiger partial charge in [0.25, 0.3) is 0 Å². The minimum Gasteiger partial charge on any atom is -0.364 e. The van der Waals surface area contributed by atoms with Crippen molar-refractivity contribution in [3.63, 3.8) is 0 Å². The fourth-order valence-corrected chi connectivity index (χ4v) is 2.63. The zero-order valence-corrected chi connectivity index (χ0v) is 9.01. The van der Waals surface area contributed by atoms with Crippen LogP contribution in [0.2, 0.25) is 0 Å². The summed E-state index contributed by atoms with van der Waals surface area (Å²) < 4.78 is 41.0. The highest BCUT2D eigenvalue weighted by atomic mass is 19.4. The fourth-order valence-electron chi connectivity index (χ4n) is 2.63. The van der Waals surface area contributed by atoms with E-state index in [-0.39, 0.29) is 17.8 Å². The van der Waals surface area contributed by atoms with Crippen LogP contribution in [0.25, 0.3) is 0 Å². The van der Waals surface area contributed by atoms with Gasteiger partial charge in [-0.05, 0) is 19.4 Å². The molecule has 0 spiro atoms. The number of fused-ring (bicyclic) bond motifs is 1. The van der Waals surface area contributed by atoms with E-state index < -0.39 is 18.9 Å². The standard InChI is InChI=1S/C11H12F3NO/c1-5-6(2)10(16-4-11(12,13)14)9-7(3-15)8(5)9/h7-10H,4H2,1-2H3/t7-,8-,9+,10-/m1/s1. The predicted molar refractivity (Wildman–Crippen MR) is 50.3 cm³/mol. The van der Waals surface area contributed by atoms with E-state index in [1.54, 1.807) is 6.92 Å². The van der Waals surface area contributed by atoms with Crippen LogP contribution in [-0.2, 0) is 4.74 Å². The first-order chi connectivity index (χ1) is 7.37. The van der Waals surface area contributed by atoms with Crippen molar-refractivity contribution in [1.29, 1.82) is 5.26 Å². The first kappa shape index (κ1) is 11.5. The van der Waals surface area contributed by atoms with Crippen molar-refractivity contribution >= 4 is 0 Å². The third kappa shape index (κ3) is 1.71. The first-order valence-corrected chi connectivity index (χ1v) is 5.12. The number of nitriles is 1. The number of halogens is 3. The van der Waals surface area contributed by atoms with Crippen molar-refractivity contribution in [3.8, 4) is 6.07 Å². The Morgan fingerprint density at radius 1 is 1.31 bits per heavy atom. The number of nitrogens with zero attached hydrogens (tertiary/aromatic N) is 1. The van der Waals surface area contributed by atoms with Crippen LogP contribution in [0.3, 0.4) is 0 Å². The van der Waals surface area contributed by atoms with Crippen LogP contribution in [0.4, 0.5) is 13.2 Å². The highest BCUT2D eigenvalue weighted by molar-refractivity contribution is 5.39. The maximum atomic E-state index is 12.0. The molecule has 0 aliphatic heterocycles. The van der Waals surface area contributed by atoms with Crippen molar-refractivity contribution in [2.45, 2.75) is 26.1 Å². The number of hydrogen-bond acceptors (Lipinski definition) is 2. The molecule has 5 heteroatoms. The summed E-state index contributed by atoms with van der Waals surface area (Å²) in [5, 5.41) is 8.81. The van der Waals surface area contributed by atoms with Crippen molar-refractivity contribution in [2.24, 2.45) is 17.8 Å². The van der Waals surface area contributed by atoms with Gasteiger partial charge in [0.15, 0.2) is 0 Å². The van der Waals surface area contributed by atoms with Gasteiger partial charge in [0.1, 0.15) is 6.61 Å². The summed E-state index contributed by atoms with van der Waals surface area (Å²) in [5.41, 5.74) is 1.90. The smallest absolute Gasteiger partial charge is 0.364 e. The second-order valence-electron chi connectivity index (χ2n) is 4.47. The van der Waals surface area contributed by atoms with Crippen molar-refractivity contribution in [1.82, 2.24) is 0 Å². The lowest BCUT2D eigenvalue weighted by molar-refractivity contribution is -0.183. The molecule has 1 fully saturated rings. The van der Waals surface area contributed by atoms with Crippen LogP contribution in [0, 0.1) is 29.1 Å². The SMILES string of the molecule is CC1=C(C)[C@@H](OCC(F)(F)F)[C@H]2[C@H](C#N)[C@@H]12. The molecule has 1 saturated carbocycles. The third-order valence-electron chi connectivity index (χ3n) is 3.55. The molecule has 0 aromatic rings. The quantitative estimate of drug-likeness (QED) is 0.684. The van der Waals surface area contributed by atoms with Gasteiger partial charge in [-0.3, -0.25) is 0 Å². The maximum absolute atomic E-state index is 12.0. The number of rotatable bonds is 2. The molecule has 88 valence electrons. The molecule has 0 aromatic heterocycles. The van der Waals surface area contributed by atoms with E-state index in [4.69, 9.17) is 10.00 Å². The summed E-state index contributed by atoms with van der Waals surface area (Å²) in [7, 11) is 0. The van der Waals surface area contributed by atoms with Gasteiger partial charge in [-0.15, -0.1) is 0 Å². The first-order valence-electron chi connectivity index (χ1n) is 5.12. The van der Waals surface area contributed by atoms with Crippen molar-refractivity contribution in [2.75, 3.05) is 6.61 Å². The molecule has 2 nitrogen and oxygen atoms in total. The zero-order valence-electron chi connectivity index (χ0n) is 9.01. The van der Waals surface area contributed by atoms with Crippen LogP contribution in [0.1, 0.15) is 13.8 Å². The number of hydrogen-bond donors (Lipinski definition) is 0. The van der Waals surface area contributed by atoms with Gasteiger partial charge in [0, 0.05) is 11.8 Å². The third-order valence-corrected chi connectivity index (χ3v) is 3.55. The van der Waals surface area contributed by atoms with Crippen LogP contribution >= 0.6 is 0 Å². The van der Waals surface area contributed by atoms with E-state index in [1.807, 2.05) is 6.92 Å². The van der Waals surface area contributed by atoms with Crippen LogP contribution in [0.5, 0.6) is 0 Å². The van der Waals surface area contributed by atoms with E-state index in [0.717, 1.165) is 11.1 Å². The Balaban J connectivity index is 2.04. The van der Waals surface area contributed by atoms with E-state index in [2.05, 4.69) is 6.07 Å². The monoisotopic (exact) mass is 231 g/mol. The predicted octanol–water partition coefficient (Wildman–Crippen LogP) is 2.67. The summed E-state index contributed by atoms with van der Waals surface area (Å²) in [5.74, 6) is -0.0717. The highest BCUT2D eigenvalue weighted by Crippen LogP contribution is 2.60. The number of ether oxygens (including phenoxy) is 1. The maximum Gasteiger partial charge on any atom is 0.411 e. The molecule has 0 unspecified atom stereocenters. The molecule has 0 N–H and O–H groups in total. The Hall–Kier alpha value is -1.02. The second-order valence-corrected chi connectivity index (χ2v) is 4.47. The molecular weight excluding hydrogens is 219 g/mol. The summed E-state index contributed by atoms with van der Waals surface area (Å²) in [6.07, 6.45) is -4.82. The van der Waals surface area contributed by atoms with Gasteiger partial charge >= 0.3 is 6.18 Å². The summed E-state index contributed by atoms with van der Waals surface area (Å²) >= 11 is 0. The van der Waals surface area contributed by atoms with Crippen molar-refractivity contribution in [3.05, 3.63) is 11.1 Å². The minimum atomic E-state index is -4.30. The van der Waals surface area contributed by atoms with E-state index in [1.165, 1.54) is 0 Å². The van der Waals surface area contributed by atoms with Gasteiger partial charge in [-0.2, -0.15) is 18.4 Å². The normalized spacial score (nSPS) is 37.2. The molecule has 0 radical (unpaired) electrons. The second kappa shape index (κ2) is 3.49. The molecule has 0 saturated heterocycles. The Morgan fingerprint density at radius 3 is 2.44 bits per heavy atom. The van der Waals surface area contributed by atoms with Gasteiger partial charge < -0.3 is 4.74 Å². The average Bonchev–Trinajstić information content (AvgIpc) is 2.83. The molecule has 0 heterocycles. The Labute approximate surface area is 91.7 Å². The largest absolute Gasteiger partial charge is 0.411 e. The van der Waals surface area contributed by atoms with Gasteiger partial charge in [0.2, 0.25) is 0 Å². The fraction of sp³-hybridized carbons (Fsp3) is 0.727. The van der Waals surface area contributed by atoms with Crippen LogP contribution in [0.15, 0.2) is 11.1 Å². The molecule has 2 rings (SSSR count). The molecule has 16 heavy (non-hydrogen) atoms. The summed E-state index contributed by atoms with van der Waals surface area (Å²) in [6, 6.07) is 2.12. The molecule has 0 amide bonds. The lowest BCUT2D eigenvalue weighted by Gasteiger charge is -2.18. The van der Waals surface area contributed by atoms with Crippen LogP contribution in [-0.4, -0.2) is 18.9 Å². The Bertz CT molecular complexity index is 380. The zero-order chi connectivity index (χ0) is 12.1. The van der Waals surface area contributed by atoms with Gasteiger partial charge in [-0.1, -0.05) is 5.57 Å². The summed E-state index contributed by atoms with van der Waals surface area (Å²) in [6.45, 7) is 2.43. The lowest BCUT2D eigenvalue weighted by atomic mass is 10.0. The molecular formula is C11H12F3NO. The molecule has 2 aliphatic carbocycles. The van der Waals surface area contributed by atoms with Crippen molar-refractivity contribution < 1.29 is 17.9 Å². The Kier molecular flexibility index (Phi) is 2.50. The lowest BCUT2D eigenvalue weighted by Crippen LogP contribution is -2.25. The highest BCUT2D eigenvalue weighted by Gasteiger charge is 2.61. The van der Waals surface area contributed by atoms with Crippen LogP contribution < -0.4 is 0 Å². The molecule has 4 atom stereocenters. The molecule has 0 aromatic carbocycles. The summed E-state index contributed by atoms with van der Waals surface area (Å²) in [4.78, 5) is 0. The molecule has 2 aliphatic rings. The van der Waals surface area contributed by atoms with E-state index in [0.29, 0.717) is 0 Å². The van der Waals surface area contributed by atoms with Gasteiger partial charge in [-0.25, -0.2) is 0 Å². The van der Waals surface area contributed by atoms with E-state index in [9.17, 15) is 13.2 Å². The average molecular weight is 231 g/mol. The Morgan fingerprint density at radius 2 is 1.94 bits per heavy atom. The number of alkyl halides is 3. The topological polar surface area (TPSA) is 33.0 Å². The van der Waals surface area contributed by atoms with Gasteiger partial charge in [0.05, 0.1) is 18.1 Å². The van der Waals surface area contributed by atoms with E-state index >= 15 is 0 Å². The number of allylic oxidation sites excluding steroid dienone is 1. The molecule has 0 bridgehead atoms. The minimum absolute atomic E-state index is 0.0488.